The van der Waals surface area contributed by atoms with Gasteiger partial charge in [0, 0.05) is 43.0 Å². The quantitative estimate of drug-likeness (QED) is 0.630. The van der Waals surface area contributed by atoms with E-state index >= 15 is 0 Å². The van der Waals surface area contributed by atoms with Crippen molar-refractivity contribution in [3.8, 4) is 6.07 Å². The van der Waals surface area contributed by atoms with Crippen LogP contribution in [0.25, 0.3) is 21.9 Å². The predicted molar refractivity (Wildman–Crippen MR) is 120 cm³/mol. The van der Waals surface area contributed by atoms with Crippen molar-refractivity contribution < 1.29 is 9.53 Å². The average Bonchev–Trinajstić information content (AvgIpc) is 3.41. The average molecular weight is 430 g/mol. The number of benzene rings is 1. The molecule has 4 heterocycles. The zero-order chi connectivity index (χ0) is 21.8. The molecule has 1 saturated carbocycles. The second kappa shape index (κ2) is 7.56. The van der Waals surface area contributed by atoms with E-state index in [0.717, 1.165) is 79.6 Å². The van der Waals surface area contributed by atoms with E-state index in [1.165, 1.54) is 0 Å². The van der Waals surface area contributed by atoms with Crippen LogP contribution < -0.4 is 0 Å². The van der Waals surface area contributed by atoms with Gasteiger partial charge in [0.1, 0.15) is 11.3 Å². The highest BCUT2D eigenvalue weighted by atomic mass is 16.5. The Hall–Kier alpha value is -2.98. The maximum atomic E-state index is 12.7. The molecule has 2 aromatic heterocycles. The third kappa shape index (κ3) is 3.25. The van der Waals surface area contributed by atoms with Crippen molar-refractivity contribution in [2.24, 2.45) is 5.92 Å². The predicted octanol–water partition coefficient (Wildman–Crippen LogP) is 3.92. The van der Waals surface area contributed by atoms with Gasteiger partial charge in [-0.05, 0) is 57.2 Å². The van der Waals surface area contributed by atoms with Crippen LogP contribution in [0.4, 0.5) is 0 Å². The third-order valence-corrected chi connectivity index (χ3v) is 7.29. The summed E-state index contributed by atoms with van der Waals surface area (Å²) in [7, 11) is 0. The van der Waals surface area contributed by atoms with Crippen LogP contribution >= 0.6 is 0 Å². The smallest absolute Gasteiger partial charge is 0.225 e. The molecule has 3 fully saturated rings. The highest BCUT2D eigenvalue weighted by Crippen LogP contribution is 2.39. The molecule has 1 aliphatic carbocycles. The van der Waals surface area contributed by atoms with Gasteiger partial charge in [0.2, 0.25) is 5.91 Å². The van der Waals surface area contributed by atoms with Gasteiger partial charge in [-0.3, -0.25) is 9.78 Å². The minimum absolute atomic E-state index is 0.193. The van der Waals surface area contributed by atoms with E-state index in [-0.39, 0.29) is 24.0 Å². The van der Waals surface area contributed by atoms with Crippen molar-refractivity contribution in [3.63, 3.8) is 0 Å². The first-order valence-corrected chi connectivity index (χ1v) is 11.7. The molecule has 164 valence electrons. The van der Waals surface area contributed by atoms with E-state index in [4.69, 9.17) is 9.72 Å². The summed E-state index contributed by atoms with van der Waals surface area (Å²) in [5.74, 6) is 1.85. The minimum atomic E-state index is 0.193. The van der Waals surface area contributed by atoms with Gasteiger partial charge in [-0.2, -0.15) is 5.26 Å². The SMILES string of the molecule is C[C@@H]1CC(n2c([C@H]3CCN(C(=O)C4CC4)C3)nc3cnc4ccc(C#N)cc4c32)CCO1. The van der Waals surface area contributed by atoms with E-state index in [1.54, 1.807) is 0 Å². The number of nitrogens with zero attached hydrogens (tertiary/aromatic N) is 5. The second-order valence-electron chi connectivity index (χ2n) is 9.58. The Morgan fingerprint density at radius 3 is 2.88 bits per heavy atom. The largest absolute Gasteiger partial charge is 0.378 e. The van der Waals surface area contributed by atoms with Gasteiger partial charge in [-0.15, -0.1) is 0 Å². The molecule has 7 heteroatoms. The number of fused-ring (bicyclic) bond motifs is 3. The lowest BCUT2D eigenvalue weighted by Gasteiger charge is -2.31. The molecule has 1 amide bonds. The van der Waals surface area contributed by atoms with E-state index in [1.807, 2.05) is 29.3 Å². The van der Waals surface area contributed by atoms with Crippen molar-refractivity contribution in [1.29, 1.82) is 5.26 Å². The summed E-state index contributed by atoms with van der Waals surface area (Å²) in [4.78, 5) is 24.4. The van der Waals surface area contributed by atoms with Crippen LogP contribution in [0, 0.1) is 17.2 Å². The summed E-state index contributed by atoms with van der Waals surface area (Å²) >= 11 is 0. The van der Waals surface area contributed by atoms with Crippen molar-refractivity contribution >= 4 is 27.8 Å². The Kier molecular flexibility index (Phi) is 4.65. The normalized spacial score (nSPS) is 26.0. The summed E-state index contributed by atoms with van der Waals surface area (Å²) in [5, 5.41) is 10.5. The molecule has 1 unspecified atom stereocenters. The van der Waals surface area contributed by atoms with Gasteiger partial charge in [0.05, 0.1) is 35.0 Å². The highest BCUT2D eigenvalue weighted by molar-refractivity contribution is 6.03. The molecule has 0 spiro atoms. The van der Waals surface area contributed by atoms with Crippen LogP contribution in [-0.2, 0) is 9.53 Å². The molecule has 2 saturated heterocycles. The molecular formula is C25H27N5O2. The molecule has 6 rings (SSSR count). The first-order chi connectivity index (χ1) is 15.6. The Bertz CT molecular complexity index is 1250. The van der Waals surface area contributed by atoms with Gasteiger partial charge >= 0.3 is 0 Å². The molecule has 0 N–H and O–H groups in total. The fourth-order valence-electron chi connectivity index (χ4n) is 5.49. The van der Waals surface area contributed by atoms with Crippen LogP contribution in [0.1, 0.15) is 62.4 Å². The number of carbonyl (C=O) groups excluding carboxylic acids is 1. The van der Waals surface area contributed by atoms with Crippen LogP contribution in [0.3, 0.4) is 0 Å². The number of carbonyl (C=O) groups is 1. The molecule has 1 aromatic carbocycles. The maximum Gasteiger partial charge on any atom is 0.225 e. The van der Waals surface area contributed by atoms with Gasteiger partial charge < -0.3 is 14.2 Å². The standard InChI is InChI=1S/C25H27N5O2/c1-15-10-19(7-9-32-15)30-23-20-11-16(12-26)2-5-21(20)27-13-22(23)28-24(30)18-6-8-29(14-18)25(31)17-3-4-17/h2,5,11,13,15,17-19H,3-4,6-10,14H2,1H3/t15-,18+,19?/m1/s1. The lowest BCUT2D eigenvalue weighted by atomic mass is 10.0. The van der Waals surface area contributed by atoms with Crippen molar-refractivity contribution in [2.45, 2.75) is 57.1 Å². The lowest BCUT2D eigenvalue weighted by Crippen LogP contribution is -2.30. The number of rotatable bonds is 3. The Labute approximate surface area is 187 Å². The van der Waals surface area contributed by atoms with E-state index in [2.05, 4.69) is 22.5 Å². The number of amides is 1. The van der Waals surface area contributed by atoms with E-state index in [0.29, 0.717) is 11.5 Å². The van der Waals surface area contributed by atoms with E-state index < -0.39 is 0 Å². The van der Waals surface area contributed by atoms with Gasteiger partial charge in [0.25, 0.3) is 0 Å². The first-order valence-electron chi connectivity index (χ1n) is 11.7. The number of hydrogen-bond donors (Lipinski definition) is 0. The van der Waals surface area contributed by atoms with Crippen molar-refractivity contribution in [2.75, 3.05) is 19.7 Å². The van der Waals surface area contributed by atoms with Gasteiger partial charge in [0.15, 0.2) is 0 Å². The fraction of sp³-hybridized carbons (Fsp3) is 0.520. The number of likely N-dealkylation sites (tertiary alicyclic amines) is 1. The van der Waals surface area contributed by atoms with Gasteiger partial charge in [-0.1, -0.05) is 0 Å². The zero-order valence-electron chi connectivity index (χ0n) is 18.3. The Balaban J connectivity index is 1.50. The van der Waals surface area contributed by atoms with Crippen LogP contribution in [0.15, 0.2) is 24.4 Å². The van der Waals surface area contributed by atoms with Crippen LogP contribution in [-0.4, -0.2) is 51.1 Å². The molecule has 3 atom stereocenters. The molecule has 0 bridgehead atoms. The Morgan fingerprint density at radius 2 is 2.09 bits per heavy atom. The number of imidazole rings is 1. The highest BCUT2D eigenvalue weighted by Gasteiger charge is 2.39. The molecule has 2 aliphatic heterocycles. The number of hydrogen-bond acceptors (Lipinski definition) is 5. The van der Waals surface area contributed by atoms with E-state index in [9.17, 15) is 10.1 Å². The monoisotopic (exact) mass is 429 g/mol. The molecule has 32 heavy (non-hydrogen) atoms. The number of ether oxygens (including phenoxy) is 1. The number of nitriles is 1. The maximum absolute atomic E-state index is 12.7. The molecule has 0 radical (unpaired) electrons. The second-order valence-corrected chi connectivity index (χ2v) is 9.58. The lowest BCUT2D eigenvalue weighted by molar-refractivity contribution is -0.131. The van der Waals surface area contributed by atoms with Crippen LogP contribution in [0.5, 0.6) is 0 Å². The molecule has 3 aliphatic rings. The molecular weight excluding hydrogens is 402 g/mol. The summed E-state index contributed by atoms with van der Waals surface area (Å²) in [6.07, 6.45) is 6.93. The summed E-state index contributed by atoms with van der Waals surface area (Å²) in [6, 6.07) is 8.22. The fourth-order valence-corrected chi connectivity index (χ4v) is 5.49. The minimum Gasteiger partial charge on any atom is -0.378 e. The summed E-state index contributed by atoms with van der Waals surface area (Å²) in [5.41, 5.74) is 3.44. The molecule has 7 nitrogen and oxygen atoms in total. The summed E-state index contributed by atoms with van der Waals surface area (Å²) in [6.45, 7) is 4.41. The van der Waals surface area contributed by atoms with Crippen molar-refractivity contribution in [1.82, 2.24) is 19.4 Å². The Morgan fingerprint density at radius 1 is 1.22 bits per heavy atom. The topological polar surface area (TPSA) is 84.0 Å². The number of pyridine rings is 1. The summed E-state index contributed by atoms with van der Waals surface area (Å²) < 4.78 is 8.26. The molecule has 3 aromatic rings. The van der Waals surface area contributed by atoms with Crippen LogP contribution in [0.2, 0.25) is 0 Å². The van der Waals surface area contributed by atoms with Crippen molar-refractivity contribution in [3.05, 3.63) is 35.8 Å². The first kappa shape index (κ1) is 19.7. The zero-order valence-corrected chi connectivity index (χ0v) is 18.3. The van der Waals surface area contributed by atoms with Gasteiger partial charge in [-0.25, -0.2) is 4.98 Å². The number of aromatic nitrogens is 3. The third-order valence-electron chi connectivity index (χ3n) is 7.29.